The highest BCUT2D eigenvalue weighted by Gasteiger charge is 2.41. The fraction of sp³-hybridized carbons (Fsp3) is 0.533. The Morgan fingerprint density at radius 2 is 2.00 bits per heavy atom. The van der Waals surface area contributed by atoms with Gasteiger partial charge in [-0.25, -0.2) is 0 Å². The van der Waals surface area contributed by atoms with Gasteiger partial charge in [0.1, 0.15) is 5.60 Å². The highest BCUT2D eigenvalue weighted by molar-refractivity contribution is 5.85. The normalized spacial score (nSPS) is 27.4. The molecule has 1 aromatic carbocycles. The molecule has 1 aliphatic rings. The van der Waals surface area contributed by atoms with Crippen molar-refractivity contribution >= 4 is 18.4 Å². The van der Waals surface area contributed by atoms with E-state index >= 15 is 0 Å². The third-order valence-electron chi connectivity index (χ3n) is 3.47. The summed E-state index contributed by atoms with van der Waals surface area (Å²) < 4.78 is 5.73. The van der Waals surface area contributed by atoms with Crippen molar-refractivity contribution in [2.24, 2.45) is 5.92 Å². The fourth-order valence-corrected chi connectivity index (χ4v) is 3.08. The van der Waals surface area contributed by atoms with Crippen molar-refractivity contribution in [3.63, 3.8) is 0 Å². The Kier molecular flexibility index (Phi) is 5.39. The first kappa shape index (κ1) is 16.0. The highest BCUT2D eigenvalue weighted by Crippen LogP contribution is 2.37. The van der Waals surface area contributed by atoms with Crippen molar-refractivity contribution in [3.05, 3.63) is 35.9 Å². The Morgan fingerprint density at radius 1 is 1.37 bits per heavy atom. The van der Waals surface area contributed by atoms with E-state index in [0.29, 0.717) is 5.92 Å². The van der Waals surface area contributed by atoms with Crippen LogP contribution >= 0.6 is 12.4 Å². The first-order chi connectivity index (χ1) is 8.52. The molecule has 4 heteroatoms. The minimum Gasteiger partial charge on any atom is -0.453 e. The maximum absolute atomic E-state index is 11.5. The molecule has 2 unspecified atom stereocenters. The molecule has 1 aliphatic heterocycles. The largest absolute Gasteiger partial charge is 0.453 e. The van der Waals surface area contributed by atoms with Gasteiger partial charge in [0.25, 0.3) is 0 Å². The molecule has 1 fully saturated rings. The summed E-state index contributed by atoms with van der Waals surface area (Å²) in [6.45, 7) is 5.51. The van der Waals surface area contributed by atoms with E-state index in [-0.39, 0.29) is 18.4 Å². The van der Waals surface area contributed by atoms with Gasteiger partial charge in [-0.05, 0) is 24.9 Å². The zero-order valence-electron chi connectivity index (χ0n) is 11.8. The van der Waals surface area contributed by atoms with Crippen molar-refractivity contribution in [3.8, 4) is 0 Å². The Labute approximate surface area is 121 Å². The monoisotopic (exact) mass is 283 g/mol. The maximum atomic E-state index is 11.5. The summed E-state index contributed by atoms with van der Waals surface area (Å²) in [7, 11) is 2.08. The van der Waals surface area contributed by atoms with Gasteiger partial charge < -0.3 is 9.64 Å². The molecule has 3 nitrogen and oxygen atoms in total. The number of likely N-dealkylation sites (tertiary alicyclic amines) is 1. The van der Waals surface area contributed by atoms with Gasteiger partial charge in [-0.1, -0.05) is 37.3 Å². The second-order valence-electron chi connectivity index (χ2n) is 5.46. The predicted octanol–water partition coefficient (Wildman–Crippen LogP) is 2.84. The number of halogens is 1. The molecule has 0 N–H and O–H groups in total. The van der Waals surface area contributed by atoms with Crippen LogP contribution in [0, 0.1) is 5.92 Å². The van der Waals surface area contributed by atoms with Gasteiger partial charge in [0, 0.05) is 20.0 Å². The van der Waals surface area contributed by atoms with E-state index in [2.05, 4.69) is 31.0 Å². The molecule has 0 spiro atoms. The average molecular weight is 284 g/mol. The smallest absolute Gasteiger partial charge is 0.303 e. The van der Waals surface area contributed by atoms with Crippen molar-refractivity contribution in [2.75, 3.05) is 20.1 Å². The molecule has 1 aromatic rings. The quantitative estimate of drug-likeness (QED) is 0.782. The first-order valence-electron chi connectivity index (χ1n) is 6.45. The summed E-state index contributed by atoms with van der Waals surface area (Å²) >= 11 is 0. The number of rotatable bonds is 2. The maximum Gasteiger partial charge on any atom is 0.303 e. The molecular weight excluding hydrogens is 262 g/mol. The van der Waals surface area contributed by atoms with E-state index in [1.807, 2.05) is 18.2 Å². The van der Waals surface area contributed by atoms with Crippen molar-refractivity contribution in [1.29, 1.82) is 0 Å². The molecule has 2 rings (SSSR count). The molecular formula is C15H22ClNO2. The summed E-state index contributed by atoms with van der Waals surface area (Å²) in [5.41, 5.74) is 0.609. The summed E-state index contributed by atoms with van der Waals surface area (Å²) in [6.07, 6.45) is 0.890. The number of piperidine rings is 1. The second kappa shape index (κ2) is 6.40. The van der Waals surface area contributed by atoms with Crippen molar-refractivity contribution < 1.29 is 9.53 Å². The van der Waals surface area contributed by atoms with Gasteiger partial charge in [0.2, 0.25) is 0 Å². The van der Waals surface area contributed by atoms with Gasteiger partial charge in [-0.3, -0.25) is 4.79 Å². The Morgan fingerprint density at radius 3 is 2.53 bits per heavy atom. The van der Waals surface area contributed by atoms with E-state index < -0.39 is 5.60 Å². The minimum atomic E-state index is -0.487. The number of carbonyl (C=O) groups is 1. The Hall–Kier alpha value is -1.06. The number of benzene rings is 1. The number of esters is 1. The Bertz CT molecular complexity index is 411. The molecule has 0 bridgehead atoms. The molecule has 0 saturated carbocycles. The van der Waals surface area contributed by atoms with Gasteiger partial charge in [-0.15, -0.1) is 12.4 Å². The van der Waals surface area contributed by atoms with Crippen LogP contribution in [0.2, 0.25) is 0 Å². The zero-order valence-corrected chi connectivity index (χ0v) is 12.6. The summed E-state index contributed by atoms with van der Waals surface area (Å²) in [4.78, 5) is 13.7. The minimum absolute atomic E-state index is 0. The summed E-state index contributed by atoms with van der Waals surface area (Å²) in [6, 6.07) is 10.1. The van der Waals surface area contributed by atoms with Crippen LogP contribution in [-0.2, 0) is 15.1 Å². The molecule has 2 atom stereocenters. The number of likely N-dealkylation sites (N-methyl/N-ethyl adjacent to an activating group) is 1. The third-order valence-corrected chi connectivity index (χ3v) is 3.47. The molecule has 0 aromatic heterocycles. The number of ether oxygens (including phenoxy) is 1. The van der Waals surface area contributed by atoms with Crippen molar-refractivity contribution in [2.45, 2.75) is 25.9 Å². The molecule has 19 heavy (non-hydrogen) atoms. The molecule has 106 valence electrons. The Balaban J connectivity index is 0.00000180. The van der Waals surface area contributed by atoms with Crippen LogP contribution in [0.5, 0.6) is 0 Å². The van der Waals surface area contributed by atoms with Crippen LogP contribution in [0.4, 0.5) is 0 Å². The number of hydrogen-bond acceptors (Lipinski definition) is 3. The van der Waals surface area contributed by atoms with Crippen LogP contribution < -0.4 is 0 Å². The topological polar surface area (TPSA) is 29.5 Å². The molecule has 0 aliphatic carbocycles. The average Bonchev–Trinajstić information content (AvgIpc) is 2.27. The van der Waals surface area contributed by atoms with Crippen LogP contribution in [-0.4, -0.2) is 31.0 Å². The van der Waals surface area contributed by atoms with E-state index in [9.17, 15) is 4.79 Å². The van der Waals surface area contributed by atoms with Crippen LogP contribution in [0.25, 0.3) is 0 Å². The molecule has 1 heterocycles. The van der Waals surface area contributed by atoms with E-state index in [0.717, 1.165) is 25.1 Å². The summed E-state index contributed by atoms with van der Waals surface area (Å²) in [5, 5.41) is 0. The number of hydrogen-bond donors (Lipinski definition) is 0. The predicted molar refractivity (Wildman–Crippen MR) is 78.4 cm³/mol. The lowest BCUT2D eigenvalue weighted by Crippen LogP contribution is -2.49. The second-order valence-corrected chi connectivity index (χ2v) is 5.46. The highest BCUT2D eigenvalue weighted by atomic mass is 35.5. The van der Waals surface area contributed by atoms with Crippen LogP contribution in [0.15, 0.2) is 30.3 Å². The van der Waals surface area contributed by atoms with E-state index in [1.165, 1.54) is 6.92 Å². The van der Waals surface area contributed by atoms with Crippen LogP contribution in [0.3, 0.4) is 0 Å². The standard InChI is InChI=1S/C15H21NO2.ClH/c1-12-9-15(18-13(2)17,11-16(3)10-12)14-7-5-4-6-8-14;/h4-8,12H,9-11H2,1-3H3;1H. The number of nitrogens with zero attached hydrogens (tertiary/aromatic N) is 1. The van der Waals surface area contributed by atoms with Gasteiger partial charge in [0.15, 0.2) is 0 Å². The lowest BCUT2D eigenvalue weighted by atomic mass is 9.81. The molecule has 1 saturated heterocycles. The fourth-order valence-electron chi connectivity index (χ4n) is 3.08. The third kappa shape index (κ3) is 3.71. The first-order valence-corrected chi connectivity index (χ1v) is 6.45. The summed E-state index contributed by atoms with van der Waals surface area (Å²) in [5.74, 6) is 0.310. The molecule has 0 amide bonds. The van der Waals surface area contributed by atoms with Crippen LogP contribution in [0.1, 0.15) is 25.8 Å². The molecule has 0 radical (unpaired) electrons. The van der Waals surface area contributed by atoms with Crippen molar-refractivity contribution in [1.82, 2.24) is 4.90 Å². The van der Waals surface area contributed by atoms with Gasteiger partial charge >= 0.3 is 5.97 Å². The van der Waals surface area contributed by atoms with Gasteiger partial charge in [-0.2, -0.15) is 0 Å². The lowest BCUT2D eigenvalue weighted by molar-refractivity contribution is -0.166. The zero-order chi connectivity index (χ0) is 13.2. The van der Waals surface area contributed by atoms with Gasteiger partial charge in [0.05, 0.1) is 0 Å². The van der Waals surface area contributed by atoms with E-state index in [4.69, 9.17) is 4.74 Å². The number of carbonyl (C=O) groups excluding carboxylic acids is 1. The lowest BCUT2D eigenvalue weighted by Gasteiger charge is -2.43. The SMILES string of the molecule is CC(=O)OC1(c2ccccc2)CC(C)CN(C)C1.Cl. The van der Waals surface area contributed by atoms with E-state index in [1.54, 1.807) is 0 Å².